The number of nitrogens with zero attached hydrogens (tertiary/aromatic N) is 3. The monoisotopic (exact) mass is 259 g/mol. The summed E-state index contributed by atoms with van der Waals surface area (Å²) < 4.78 is 0. The van der Waals surface area contributed by atoms with Crippen molar-refractivity contribution >= 4 is 35.2 Å². The van der Waals surface area contributed by atoms with Gasteiger partial charge in [-0.25, -0.2) is 15.8 Å². The van der Waals surface area contributed by atoms with E-state index in [4.69, 9.17) is 5.84 Å². The van der Waals surface area contributed by atoms with Crippen molar-refractivity contribution < 1.29 is 0 Å². The highest BCUT2D eigenvalue weighted by Crippen LogP contribution is 2.19. The number of hydrazine groups is 1. The summed E-state index contributed by atoms with van der Waals surface area (Å²) in [7, 11) is 2.02. The Kier molecular flexibility index (Phi) is 5.72. The van der Waals surface area contributed by atoms with Gasteiger partial charge in [0, 0.05) is 25.4 Å². The average molecular weight is 259 g/mol. The quantitative estimate of drug-likeness (QED) is 0.345. The maximum absolute atomic E-state index is 5.37. The molecule has 0 aromatic carbocycles. The molecule has 0 aliphatic carbocycles. The average Bonchev–Trinajstić information content (AvgIpc) is 2.35. The minimum atomic E-state index is 0.644. The summed E-state index contributed by atoms with van der Waals surface area (Å²) in [4.78, 5) is 10.7. The van der Waals surface area contributed by atoms with E-state index in [1.807, 2.05) is 31.1 Å². The van der Waals surface area contributed by atoms with Crippen molar-refractivity contribution in [3.8, 4) is 0 Å². The van der Waals surface area contributed by atoms with Gasteiger partial charge in [-0.1, -0.05) is 11.8 Å². The van der Waals surface area contributed by atoms with Crippen LogP contribution in [-0.4, -0.2) is 41.8 Å². The van der Waals surface area contributed by atoms with E-state index in [-0.39, 0.29) is 0 Å². The molecule has 0 unspecified atom stereocenters. The van der Waals surface area contributed by atoms with E-state index in [1.54, 1.807) is 0 Å². The first-order valence-electron chi connectivity index (χ1n) is 4.81. The van der Waals surface area contributed by atoms with Crippen molar-refractivity contribution in [2.75, 3.05) is 42.2 Å². The summed E-state index contributed by atoms with van der Waals surface area (Å²) in [5.41, 5.74) is 2.56. The fraction of sp³-hybridized carbons (Fsp3) is 0.556. The van der Waals surface area contributed by atoms with E-state index in [0.717, 1.165) is 23.3 Å². The molecular formula is C9H17N5S2. The van der Waals surface area contributed by atoms with Crippen LogP contribution in [0.3, 0.4) is 0 Å². The Hall–Kier alpha value is -0.660. The summed E-state index contributed by atoms with van der Waals surface area (Å²) in [6.45, 7) is 0.954. The Morgan fingerprint density at radius 3 is 2.75 bits per heavy atom. The van der Waals surface area contributed by atoms with E-state index in [2.05, 4.69) is 26.5 Å². The lowest BCUT2D eigenvalue weighted by atomic mass is 10.5. The maximum atomic E-state index is 5.37. The molecule has 0 saturated heterocycles. The Labute approximate surface area is 105 Å². The molecule has 1 aromatic rings. The van der Waals surface area contributed by atoms with Crippen LogP contribution in [0.25, 0.3) is 0 Å². The van der Waals surface area contributed by atoms with Gasteiger partial charge in [-0.3, -0.25) is 0 Å². The molecule has 0 fully saturated rings. The highest BCUT2D eigenvalue weighted by atomic mass is 32.2. The van der Waals surface area contributed by atoms with Gasteiger partial charge < -0.3 is 10.3 Å². The van der Waals surface area contributed by atoms with Gasteiger partial charge in [-0.15, -0.1) is 0 Å². The van der Waals surface area contributed by atoms with Crippen LogP contribution in [0.15, 0.2) is 11.2 Å². The van der Waals surface area contributed by atoms with Crippen LogP contribution in [0, 0.1) is 0 Å². The molecule has 0 saturated carbocycles. The number of aromatic nitrogens is 2. The van der Waals surface area contributed by atoms with Gasteiger partial charge in [0.25, 0.3) is 0 Å². The Morgan fingerprint density at radius 2 is 2.19 bits per heavy atom. The topological polar surface area (TPSA) is 67.1 Å². The van der Waals surface area contributed by atoms with Gasteiger partial charge >= 0.3 is 0 Å². The van der Waals surface area contributed by atoms with Crippen LogP contribution in [0.2, 0.25) is 0 Å². The number of nitrogens with one attached hydrogen (secondary N) is 1. The summed E-state index contributed by atoms with van der Waals surface area (Å²) in [5.74, 6) is 7.97. The van der Waals surface area contributed by atoms with E-state index >= 15 is 0 Å². The molecule has 7 heteroatoms. The molecule has 90 valence electrons. The van der Waals surface area contributed by atoms with Crippen LogP contribution >= 0.6 is 23.5 Å². The number of thioether (sulfide) groups is 2. The summed E-state index contributed by atoms with van der Waals surface area (Å²) in [5, 5.41) is 0.724. The lowest BCUT2D eigenvalue weighted by Gasteiger charge is -2.18. The van der Waals surface area contributed by atoms with Crippen molar-refractivity contribution in [2.24, 2.45) is 5.84 Å². The normalized spacial score (nSPS) is 10.2. The SMILES string of the molecule is CSCCN(C)c1cc(NN)nc(SC)n1. The van der Waals surface area contributed by atoms with Crippen molar-refractivity contribution in [2.45, 2.75) is 5.16 Å². The molecule has 1 heterocycles. The van der Waals surface area contributed by atoms with Crippen molar-refractivity contribution in [3.05, 3.63) is 6.07 Å². The van der Waals surface area contributed by atoms with E-state index < -0.39 is 0 Å². The first-order valence-corrected chi connectivity index (χ1v) is 7.43. The number of nitrogens with two attached hydrogens (primary N) is 1. The number of anilines is 2. The van der Waals surface area contributed by atoms with Gasteiger partial charge in [0.2, 0.25) is 0 Å². The first-order chi connectivity index (χ1) is 7.71. The van der Waals surface area contributed by atoms with Crippen molar-refractivity contribution in [1.29, 1.82) is 0 Å². The fourth-order valence-corrected chi connectivity index (χ4v) is 1.95. The van der Waals surface area contributed by atoms with Crippen LogP contribution in [-0.2, 0) is 0 Å². The number of rotatable bonds is 6. The van der Waals surface area contributed by atoms with E-state index in [1.165, 1.54) is 11.8 Å². The highest BCUT2D eigenvalue weighted by Gasteiger charge is 2.07. The molecule has 0 aliphatic heterocycles. The predicted octanol–water partition coefficient (Wildman–Crippen LogP) is 1.28. The minimum Gasteiger partial charge on any atom is -0.359 e. The first kappa shape index (κ1) is 13.4. The van der Waals surface area contributed by atoms with E-state index in [0.29, 0.717) is 5.82 Å². The third kappa shape index (κ3) is 3.73. The molecule has 1 aromatic heterocycles. The minimum absolute atomic E-state index is 0.644. The van der Waals surface area contributed by atoms with Gasteiger partial charge in [0.15, 0.2) is 5.16 Å². The number of hydrogen-bond acceptors (Lipinski definition) is 7. The Bertz CT molecular complexity index is 311. The molecule has 3 N–H and O–H groups in total. The second-order valence-corrected chi connectivity index (χ2v) is 4.92. The third-order valence-corrected chi connectivity index (χ3v) is 3.18. The third-order valence-electron chi connectivity index (χ3n) is 2.04. The molecule has 0 atom stereocenters. The molecule has 0 bridgehead atoms. The largest absolute Gasteiger partial charge is 0.359 e. The summed E-state index contributed by atoms with van der Waals surface area (Å²) in [6, 6.07) is 1.85. The zero-order chi connectivity index (χ0) is 12.0. The lowest BCUT2D eigenvalue weighted by Crippen LogP contribution is -2.22. The van der Waals surface area contributed by atoms with Gasteiger partial charge in [0.1, 0.15) is 11.6 Å². The van der Waals surface area contributed by atoms with Gasteiger partial charge in [-0.05, 0) is 12.5 Å². The number of nitrogen functional groups attached to an aromatic ring is 1. The lowest BCUT2D eigenvalue weighted by molar-refractivity contribution is 0.886. The van der Waals surface area contributed by atoms with Crippen molar-refractivity contribution in [1.82, 2.24) is 9.97 Å². The van der Waals surface area contributed by atoms with Crippen molar-refractivity contribution in [3.63, 3.8) is 0 Å². The molecule has 5 nitrogen and oxygen atoms in total. The standard InChI is InChI=1S/C9H17N5S2/c1-14(4-5-15-2)8-6-7(13-10)11-9(12-8)16-3/h6H,4-5,10H2,1-3H3,(H,11,12,13). The Balaban J connectivity index is 2.85. The van der Waals surface area contributed by atoms with Crippen LogP contribution in [0.5, 0.6) is 0 Å². The zero-order valence-corrected chi connectivity index (χ0v) is 11.4. The molecule has 0 aliphatic rings. The summed E-state index contributed by atoms with van der Waals surface area (Å²) >= 11 is 3.32. The second kappa shape index (κ2) is 6.82. The molecule has 1 rings (SSSR count). The van der Waals surface area contributed by atoms with Gasteiger partial charge in [-0.2, -0.15) is 11.8 Å². The van der Waals surface area contributed by atoms with Crippen LogP contribution < -0.4 is 16.2 Å². The predicted molar refractivity (Wildman–Crippen MR) is 73.3 cm³/mol. The maximum Gasteiger partial charge on any atom is 0.191 e. The van der Waals surface area contributed by atoms with Crippen LogP contribution in [0.4, 0.5) is 11.6 Å². The highest BCUT2D eigenvalue weighted by molar-refractivity contribution is 7.98. The fourth-order valence-electron chi connectivity index (χ4n) is 1.12. The molecule has 16 heavy (non-hydrogen) atoms. The Morgan fingerprint density at radius 1 is 1.44 bits per heavy atom. The van der Waals surface area contributed by atoms with Gasteiger partial charge in [0.05, 0.1) is 0 Å². The molecule has 0 radical (unpaired) electrons. The van der Waals surface area contributed by atoms with E-state index in [9.17, 15) is 0 Å². The molecule has 0 amide bonds. The zero-order valence-electron chi connectivity index (χ0n) is 9.73. The van der Waals surface area contributed by atoms with Crippen LogP contribution in [0.1, 0.15) is 0 Å². The summed E-state index contributed by atoms with van der Waals surface area (Å²) in [6.07, 6.45) is 4.04. The molecular weight excluding hydrogens is 242 g/mol. The number of hydrogen-bond donors (Lipinski definition) is 2. The molecule has 0 spiro atoms. The smallest absolute Gasteiger partial charge is 0.191 e. The second-order valence-electron chi connectivity index (χ2n) is 3.16.